The zero-order valence-corrected chi connectivity index (χ0v) is 38.8. The van der Waals surface area contributed by atoms with Crippen LogP contribution in [-0.4, -0.2) is 133 Å². The van der Waals surface area contributed by atoms with Crippen LogP contribution in [0.5, 0.6) is 0 Å². The van der Waals surface area contributed by atoms with Crippen LogP contribution in [0.4, 0.5) is 9.18 Å². The fourth-order valence-corrected chi connectivity index (χ4v) is 7.07. The highest BCUT2D eigenvalue weighted by Gasteiger charge is 2.30. The van der Waals surface area contributed by atoms with Crippen molar-refractivity contribution >= 4 is 76.2 Å². The third-order valence-corrected chi connectivity index (χ3v) is 10.9. The van der Waals surface area contributed by atoms with Crippen molar-refractivity contribution in [3.05, 3.63) is 113 Å². The van der Waals surface area contributed by atoms with E-state index in [1.807, 2.05) is 41.7 Å². The molecule has 0 fully saturated rings. The maximum atomic E-state index is 13.7. The van der Waals surface area contributed by atoms with Gasteiger partial charge in [-0.05, 0) is 72.2 Å². The van der Waals surface area contributed by atoms with Crippen LogP contribution in [-0.2, 0) is 51.3 Å². The van der Waals surface area contributed by atoms with E-state index in [1.54, 1.807) is 6.07 Å². The van der Waals surface area contributed by atoms with Crippen molar-refractivity contribution in [3.8, 4) is 0 Å². The van der Waals surface area contributed by atoms with Gasteiger partial charge in [-0.3, -0.25) is 38.4 Å². The van der Waals surface area contributed by atoms with Gasteiger partial charge in [-0.1, -0.05) is 54.6 Å². The minimum atomic E-state index is -1.71. The van der Waals surface area contributed by atoms with Crippen LogP contribution in [0.25, 0.3) is 10.8 Å². The maximum Gasteiger partial charge on any atom is 0.326 e. The Labute approximate surface area is 414 Å². The van der Waals surface area contributed by atoms with Crippen molar-refractivity contribution in [2.75, 3.05) is 6.54 Å². The number of benzene rings is 3. The molecule has 25 heteroatoms. The van der Waals surface area contributed by atoms with Crippen molar-refractivity contribution in [3.63, 3.8) is 0 Å². The van der Waals surface area contributed by atoms with Gasteiger partial charge in [0, 0.05) is 55.7 Å². The fraction of sp³-hybridized carbons (Fsp3) is 0.333. The first-order valence-electron chi connectivity index (χ1n) is 22.5. The number of urea groups is 1. The summed E-state index contributed by atoms with van der Waals surface area (Å²) < 4.78 is 13.6. The first-order valence-corrected chi connectivity index (χ1v) is 22.5. The number of nitrogens with one attached hydrogen (secondary N) is 7. The Morgan fingerprint density at radius 3 is 1.70 bits per heavy atom. The van der Waals surface area contributed by atoms with Gasteiger partial charge in [0.1, 0.15) is 30.2 Å². The molecule has 5 atom stereocenters. The number of hydrogen-bond acceptors (Lipinski definition) is 12. The monoisotopic (exact) mass is 1020 g/mol. The molecule has 388 valence electrons. The predicted octanol–water partition coefficient (Wildman–Crippen LogP) is 1.31. The summed E-state index contributed by atoms with van der Waals surface area (Å²) in [5.74, 6) is -12.3. The van der Waals surface area contributed by atoms with Crippen molar-refractivity contribution in [1.82, 2.24) is 42.2 Å². The number of rotatable bonds is 29. The number of carbonyl (C=O) groups is 11. The summed E-state index contributed by atoms with van der Waals surface area (Å²) in [6.45, 7) is -0.214. The van der Waals surface area contributed by atoms with Gasteiger partial charge in [-0.15, -0.1) is 0 Å². The molecule has 3 aromatic carbocycles. The van der Waals surface area contributed by atoms with Crippen LogP contribution in [0.1, 0.15) is 83.2 Å². The summed E-state index contributed by atoms with van der Waals surface area (Å²) in [6, 6.07) is 12.0. The van der Waals surface area contributed by atoms with E-state index < -0.39 is 134 Å². The van der Waals surface area contributed by atoms with Crippen molar-refractivity contribution in [2.24, 2.45) is 0 Å². The molecule has 1 heterocycles. The van der Waals surface area contributed by atoms with E-state index in [0.29, 0.717) is 11.1 Å². The lowest BCUT2D eigenvalue weighted by Crippen LogP contribution is -2.54. The SMILES string of the molecule is O=C(O)CCC(NC(=O)NC(CCCCNC(=O)C(Cc1ccc2ccccc2c1)NC(=O)c1ccc(CNC(=O)C(CC(=O)O)NC(=O)C(CCC(=O)O)NC(=O)c2ccnc([18F])c2)cc1)C(=O)O)C(=O)O. The molecule has 0 aliphatic rings. The lowest BCUT2D eigenvalue weighted by Gasteiger charge is -2.22. The number of nitrogens with zero attached hydrogens (tertiary/aromatic N) is 1. The molecule has 4 aromatic rings. The van der Waals surface area contributed by atoms with Gasteiger partial charge in [0.15, 0.2) is 0 Å². The Balaban J connectivity index is 1.37. The Bertz CT molecular complexity index is 2690. The highest BCUT2D eigenvalue weighted by molar-refractivity contribution is 5.99. The molecule has 7 amide bonds. The lowest BCUT2D eigenvalue weighted by atomic mass is 10.0. The molecule has 5 unspecified atom stereocenters. The van der Waals surface area contributed by atoms with Gasteiger partial charge in [0.2, 0.25) is 23.7 Å². The number of aromatic nitrogens is 1. The van der Waals surface area contributed by atoms with E-state index >= 15 is 0 Å². The smallest absolute Gasteiger partial charge is 0.326 e. The molecular weight excluding hydrogens is 963 g/mol. The molecule has 0 aliphatic carbocycles. The highest BCUT2D eigenvalue weighted by atomic mass is 18.2. The Hall–Kier alpha value is -9.03. The summed E-state index contributed by atoms with van der Waals surface area (Å²) >= 11 is 0. The van der Waals surface area contributed by atoms with Crippen LogP contribution in [0.3, 0.4) is 0 Å². The third-order valence-electron chi connectivity index (χ3n) is 10.9. The number of halogens is 1. The molecule has 0 saturated heterocycles. The number of carboxylic acids is 5. The summed E-state index contributed by atoms with van der Waals surface area (Å²) in [5.41, 5.74) is 0.959. The fourth-order valence-electron chi connectivity index (χ4n) is 7.07. The largest absolute Gasteiger partial charge is 0.481 e. The summed E-state index contributed by atoms with van der Waals surface area (Å²) in [7, 11) is 0. The van der Waals surface area contributed by atoms with Crippen LogP contribution >= 0.6 is 0 Å². The molecule has 73 heavy (non-hydrogen) atoms. The van der Waals surface area contributed by atoms with Crippen molar-refractivity contribution < 1.29 is 82.7 Å². The van der Waals surface area contributed by atoms with Gasteiger partial charge in [-0.2, -0.15) is 4.39 Å². The average Bonchev–Trinajstić information content (AvgIpc) is 3.34. The van der Waals surface area contributed by atoms with Gasteiger partial charge in [0.25, 0.3) is 11.8 Å². The van der Waals surface area contributed by atoms with Crippen LogP contribution in [0, 0.1) is 5.95 Å². The van der Waals surface area contributed by atoms with E-state index in [0.717, 1.165) is 29.1 Å². The van der Waals surface area contributed by atoms with Gasteiger partial charge >= 0.3 is 35.9 Å². The van der Waals surface area contributed by atoms with Crippen molar-refractivity contribution in [1.29, 1.82) is 0 Å². The number of hydrogen-bond donors (Lipinski definition) is 12. The van der Waals surface area contributed by atoms with Gasteiger partial charge in [-0.25, -0.2) is 19.4 Å². The topological polar surface area (TPSA) is 386 Å². The first-order chi connectivity index (χ1) is 34.7. The number of unbranched alkanes of at least 4 members (excludes halogenated alkanes) is 1. The summed E-state index contributed by atoms with van der Waals surface area (Å²) in [4.78, 5) is 139. The maximum absolute atomic E-state index is 13.7. The number of amides is 7. The number of pyridine rings is 1. The Morgan fingerprint density at radius 1 is 0.507 bits per heavy atom. The Morgan fingerprint density at radius 2 is 1.08 bits per heavy atom. The van der Waals surface area contributed by atoms with E-state index in [4.69, 9.17) is 5.11 Å². The number of carboxylic acid groups (broad SMARTS) is 5. The Kier molecular flexibility index (Phi) is 21.7. The van der Waals surface area contributed by atoms with E-state index in [1.165, 1.54) is 24.3 Å². The standard InChI is InChI=1S/C48H53FN8O16/c49-37-23-31(18-20-50-37)42(65)53-32(14-16-38(58)59)45(68)55-36(24-40(62)63)44(67)52-25-26-8-12-29(13-9-26)41(64)54-35(22-27-10-11-28-5-1-2-6-30(28)21-27)43(66)51-19-4-3-7-33(46(69)70)56-48(73)57-34(47(71)72)15-17-39(60)61/h1-2,5-6,8-13,18,20-21,23,32-36H,3-4,7,14-17,19,22,24-25H2,(H,51,66)(H,52,67)(H,53,65)(H,54,64)(H,55,68)(H,58,59)(H,60,61)(H,62,63)(H,69,70)(H,71,72)(H2,56,57,73)/i49-1. The molecule has 0 bridgehead atoms. The van der Waals surface area contributed by atoms with Gasteiger partial charge in [0.05, 0.1) is 6.42 Å². The number of carbonyl (C=O) groups excluding carboxylic acids is 6. The van der Waals surface area contributed by atoms with Crippen LogP contribution < -0.4 is 37.2 Å². The van der Waals surface area contributed by atoms with E-state index in [-0.39, 0.29) is 49.9 Å². The minimum absolute atomic E-state index is 0.0195. The molecule has 12 N–H and O–H groups in total. The molecule has 1 aromatic heterocycles. The van der Waals surface area contributed by atoms with Gasteiger partial charge < -0.3 is 62.8 Å². The zero-order chi connectivity index (χ0) is 53.6. The highest BCUT2D eigenvalue weighted by Crippen LogP contribution is 2.18. The first kappa shape index (κ1) is 56.6. The number of aliphatic carboxylic acids is 5. The summed E-state index contributed by atoms with van der Waals surface area (Å²) in [5, 5.41) is 64.9. The normalized spacial score (nSPS) is 12.8. The van der Waals surface area contributed by atoms with Crippen molar-refractivity contribution in [2.45, 2.75) is 94.5 Å². The molecule has 4 rings (SSSR count). The molecule has 24 nitrogen and oxygen atoms in total. The third kappa shape index (κ3) is 19.4. The predicted molar refractivity (Wildman–Crippen MR) is 252 cm³/mol. The second-order valence-corrected chi connectivity index (χ2v) is 16.4. The second kappa shape index (κ2) is 28.0. The zero-order valence-electron chi connectivity index (χ0n) is 38.8. The van der Waals surface area contributed by atoms with Crippen LogP contribution in [0.15, 0.2) is 85.1 Å². The minimum Gasteiger partial charge on any atom is -0.481 e. The molecule has 0 saturated carbocycles. The lowest BCUT2D eigenvalue weighted by molar-refractivity contribution is -0.142. The molecular formula is C48H53FN8O16. The van der Waals surface area contributed by atoms with E-state index in [2.05, 4.69) is 36.9 Å². The summed E-state index contributed by atoms with van der Waals surface area (Å²) in [6.07, 6.45) is -1.71. The molecule has 0 spiro atoms. The second-order valence-electron chi connectivity index (χ2n) is 16.4. The molecule has 0 aliphatic heterocycles. The van der Waals surface area contributed by atoms with Crippen LogP contribution in [0.2, 0.25) is 0 Å². The quantitative estimate of drug-likeness (QED) is 0.0269. The average molecular weight is 1020 g/mol. The molecule has 0 radical (unpaired) electrons. The van der Waals surface area contributed by atoms with E-state index in [9.17, 15) is 77.6 Å². The number of fused-ring (bicyclic) bond motifs is 1.